The van der Waals surface area contributed by atoms with Gasteiger partial charge in [0.2, 0.25) is 0 Å². The van der Waals surface area contributed by atoms with Crippen molar-refractivity contribution in [1.82, 2.24) is 9.13 Å². The standard InChI is InChI=1S/C25H18N2.4C2H6/c1-5-13-22-18(9-1)19-10-2-6-14-23(19)26(22)17-27-24-15-7-3-11-20(24)21-12-4-8-16-25(21)27;4*1-2/h1-16H,17H2;4*1-2H3. The Kier molecular flexibility index (Phi) is 11.1. The van der Waals surface area contributed by atoms with Crippen LogP contribution in [0.2, 0.25) is 0 Å². The van der Waals surface area contributed by atoms with Gasteiger partial charge in [-0.05, 0) is 24.3 Å². The number of rotatable bonds is 2. The minimum atomic E-state index is 0.794. The summed E-state index contributed by atoms with van der Waals surface area (Å²) in [6.45, 7) is 16.8. The van der Waals surface area contributed by atoms with Gasteiger partial charge in [0.05, 0.1) is 22.1 Å². The summed E-state index contributed by atoms with van der Waals surface area (Å²) in [4.78, 5) is 0. The largest absolute Gasteiger partial charge is 0.322 e. The minimum absolute atomic E-state index is 0.794. The molecular weight excluding hydrogens is 424 g/mol. The van der Waals surface area contributed by atoms with Gasteiger partial charge in [0.25, 0.3) is 0 Å². The van der Waals surface area contributed by atoms with Crippen LogP contribution in [-0.4, -0.2) is 9.13 Å². The molecule has 6 aromatic rings. The summed E-state index contributed by atoms with van der Waals surface area (Å²) in [6, 6.07) is 34.8. The monoisotopic (exact) mass is 466 g/mol. The Balaban J connectivity index is 0.000000495. The summed E-state index contributed by atoms with van der Waals surface area (Å²) in [5, 5.41) is 5.26. The van der Waals surface area contributed by atoms with Crippen LogP contribution >= 0.6 is 0 Å². The van der Waals surface area contributed by atoms with E-state index in [0.717, 1.165) is 6.67 Å². The first kappa shape index (κ1) is 27.7. The molecule has 2 aromatic heterocycles. The van der Waals surface area contributed by atoms with Gasteiger partial charge in [-0.15, -0.1) is 0 Å². The van der Waals surface area contributed by atoms with Gasteiger partial charge in [0, 0.05) is 21.5 Å². The first-order valence-corrected chi connectivity index (χ1v) is 13.3. The van der Waals surface area contributed by atoms with E-state index >= 15 is 0 Å². The Morgan fingerprint density at radius 2 is 0.543 bits per heavy atom. The average molecular weight is 467 g/mol. The van der Waals surface area contributed by atoms with E-state index in [4.69, 9.17) is 0 Å². The Morgan fingerprint density at radius 3 is 0.771 bits per heavy atom. The number of nitrogens with zero attached hydrogens (tertiary/aromatic N) is 2. The molecule has 0 aliphatic carbocycles. The number of para-hydroxylation sites is 4. The van der Waals surface area contributed by atoms with Crippen molar-refractivity contribution in [2.24, 2.45) is 0 Å². The highest BCUT2D eigenvalue weighted by atomic mass is 15.2. The lowest BCUT2D eigenvalue weighted by Crippen LogP contribution is -2.07. The highest BCUT2D eigenvalue weighted by Crippen LogP contribution is 2.32. The second kappa shape index (κ2) is 14.0. The molecule has 2 heterocycles. The first-order valence-electron chi connectivity index (χ1n) is 13.3. The molecule has 2 heteroatoms. The van der Waals surface area contributed by atoms with Crippen LogP contribution in [0.1, 0.15) is 55.4 Å². The molecule has 0 bridgehead atoms. The van der Waals surface area contributed by atoms with E-state index in [1.54, 1.807) is 0 Å². The molecule has 0 N–H and O–H groups in total. The zero-order chi connectivity index (χ0) is 25.8. The van der Waals surface area contributed by atoms with Crippen molar-refractivity contribution in [1.29, 1.82) is 0 Å². The van der Waals surface area contributed by atoms with Gasteiger partial charge >= 0.3 is 0 Å². The van der Waals surface area contributed by atoms with Crippen molar-refractivity contribution in [3.05, 3.63) is 97.1 Å². The van der Waals surface area contributed by atoms with Crippen molar-refractivity contribution in [2.45, 2.75) is 62.1 Å². The van der Waals surface area contributed by atoms with Crippen molar-refractivity contribution >= 4 is 43.6 Å². The second-order valence-corrected chi connectivity index (χ2v) is 7.07. The lowest BCUT2D eigenvalue weighted by Gasteiger charge is -2.12. The summed E-state index contributed by atoms with van der Waals surface area (Å²) in [6.07, 6.45) is 0. The maximum atomic E-state index is 2.43. The van der Waals surface area contributed by atoms with Crippen LogP contribution in [0.5, 0.6) is 0 Å². The highest BCUT2D eigenvalue weighted by molar-refractivity contribution is 6.09. The fourth-order valence-electron chi connectivity index (χ4n) is 4.45. The first-order chi connectivity index (χ1) is 17.4. The molecule has 4 aromatic carbocycles. The summed E-state index contributed by atoms with van der Waals surface area (Å²) in [5.41, 5.74) is 5.11. The molecule has 0 fully saturated rings. The van der Waals surface area contributed by atoms with E-state index < -0.39 is 0 Å². The van der Waals surface area contributed by atoms with Gasteiger partial charge in [-0.1, -0.05) is 128 Å². The SMILES string of the molecule is CC.CC.CC.CC.c1ccc2c(c1)c1ccccc1n2Cn1c2ccccc2c2ccccc21. The Morgan fingerprint density at radius 1 is 0.343 bits per heavy atom. The van der Waals surface area contributed by atoms with Crippen LogP contribution in [0.3, 0.4) is 0 Å². The Hall–Kier alpha value is -3.52. The smallest absolute Gasteiger partial charge is 0.100 e. The number of hydrogen-bond donors (Lipinski definition) is 0. The molecule has 0 radical (unpaired) electrons. The third-order valence-corrected chi connectivity index (χ3v) is 5.64. The Labute approximate surface area is 211 Å². The molecule has 35 heavy (non-hydrogen) atoms. The third kappa shape index (κ3) is 5.27. The van der Waals surface area contributed by atoms with Crippen LogP contribution in [0.4, 0.5) is 0 Å². The van der Waals surface area contributed by atoms with Crippen molar-refractivity contribution in [2.75, 3.05) is 0 Å². The molecular formula is C33H42N2. The number of fused-ring (bicyclic) bond motifs is 6. The number of aromatic nitrogens is 2. The normalized spacial score (nSPS) is 9.83. The molecule has 0 aliphatic rings. The molecule has 0 saturated carbocycles. The molecule has 0 amide bonds. The van der Waals surface area contributed by atoms with Crippen LogP contribution in [0, 0.1) is 0 Å². The maximum absolute atomic E-state index is 2.43. The summed E-state index contributed by atoms with van der Waals surface area (Å²) in [5.74, 6) is 0. The number of hydrogen-bond acceptors (Lipinski definition) is 0. The highest BCUT2D eigenvalue weighted by Gasteiger charge is 2.13. The summed E-state index contributed by atoms with van der Waals surface area (Å²) >= 11 is 0. The molecule has 0 atom stereocenters. The number of benzene rings is 4. The zero-order valence-corrected chi connectivity index (χ0v) is 22.8. The van der Waals surface area contributed by atoms with Crippen molar-refractivity contribution < 1.29 is 0 Å². The fraction of sp³-hybridized carbons (Fsp3) is 0.273. The van der Waals surface area contributed by atoms with E-state index in [-0.39, 0.29) is 0 Å². The van der Waals surface area contributed by atoms with E-state index in [9.17, 15) is 0 Å². The molecule has 6 rings (SSSR count). The molecule has 184 valence electrons. The lowest BCUT2D eigenvalue weighted by atomic mass is 10.2. The molecule has 2 nitrogen and oxygen atoms in total. The maximum Gasteiger partial charge on any atom is 0.100 e. The second-order valence-electron chi connectivity index (χ2n) is 7.07. The molecule has 0 spiro atoms. The molecule has 0 unspecified atom stereocenters. The third-order valence-electron chi connectivity index (χ3n) is 5.64. The van der Waals surface area contributed by atoms with Crippen LogP contribution in [0.25, 0.3) is 43.6 Å². The van der Waals surface area contributed by atoms with E-state index in [1.807, 2.05) is 55.4 Å². The van der Waals surface area contributed by atoms with E-state index in [1.165, 1.54) is 43.6 Å². The van der Waals surface area contributed by atoms with Crippen LogP contribution < -0.4 is 0 Å². The van der Waals surface area contributed by atoms with Gasteiger partial charge < -0.3 is 9.13 Å². The fourth-order valence-corrected chi connectivity index (χ4v) is 4.45. The van der Waals surface area contributed by atoms with Gasteiger partial charge in [-0.2, -0.15) is 0 Å². The topological polar surface area (TPSA) is 9.86 Å². The van der Waals surface area contributed by atoms with E-state index in [0.29, 0.717) is 0 Å². The van der Waals surface area contributed by atoms with Crippen molar-refractivity contribution in [3.63, 3.8) is 0 Å². The van der Waals surface area contributed by atoms with Gasteiger partial charge in [-0.3, -0.25) is 0 Å². The van der Waals surface area contributed by atoms with Gasteiger partial charge in [0.1, 0.15) is 6.67 Å². The quantitative estimate of drug-likeness (QED) is 0.240. The Bertz CT molecular complexity index is 1230. The minimum Gasteiger partial charge on any atom is -0.322 e. The van der Waals surface area contributed by atoms with Gasteiger partial charge in [-0.25, -0.2) is 0 Å². The average Bonchev–Trinajstić information content (AvgIpc) is 3.47. The lowest BCUT2D eigenvalue weighted by molar-refractivity contribution is 0.682. The van der Waals surface area contributed by atoms with Crippen LogP contribution in [-0.2, 0) is 6.67 Å². The van der Waals surface area contributed by atoms with Gasteiger partial charge in [0.15, 0.2) is 0 Å². The zero-order valence-electron chi connectivity index (χ0n) is 22.8. The van der Waals surface area contributed by atoms with Crippen molar-refractivity contribution in [3.8, 4) is 0 Å². The molecule has 0 saturated heterocycles. The summed E-state index contributed by atoms with van der Waals surface area (Å²) < 4.78 is 4.87. The predicted molar refractivity (Wildman–Crippen MR) is 160 cm³/mol. The van der Waals surface area contributed by atoms with Crippen LogP contribution in [0.15, 0.2) is 97.1 Å². The molecule has 0 aliphatic heterocycles. The predicted octanol–water partition coefficient (Wildman–Crippen LogP) is 10.5. The summed E-state index contributed by atoms with van der Waals surface area (Å²) in [7, 11) is 0. The van der Waals surface area contributed by atoms with E-state index in [2.05, 4.69) is 106 Å².